The van der Waals surface area contributed by atoms with Gasteiger partial charge in [0.05, 0.1) is 0 Å². The van der Waals surface area contributed by atoms with E-state index in [2.05, 4.69) is 41.4 Å². The average molecular weight is 278 g/mol. The Labute approximate surface area is 122 Å². The van der Waals surface area contributed by atoms with E-state index in [0.29, 0.717) is 6.04 Å². The molecule has 1 saturated heterocycles. The zero-order valence-corrected chi connectivity index (χ0v) is 13.0. The normalized spacial score (nSPS) is 18.4. The molecule has 1 N–H and O–H groups in total. The van der Waals surface area contributed by atoms with Gasteiger partial charge in [-0.1, -0.05) is 18.6 Å². The highest BCUT2D eigenvalue weighted by Crippen LogP contribution is 2.22. The topological polar surface area (TPSA) is 15.3 Å². The number of likely N-dealkylation sites (tertiary alicyclic amines) is 1. The van der Waals surface area contributed by atoms with Crippen LogP contribution in [0.2, 0.25) is 0 Å². The summed E-state index contributed by atoms with van der Waals surface area (Å²) in [4.78, 5) is 4.01. The first-order valence-corrected chi connectivity index (χ1v) is 8.40. The van der Waals surface area contributed by atoms with E-state index in [-0.39, 0.29) is 0 Å². The fourth-order valence-corrected chi connectivity index (χ4v) is 3.50. The van der Waals surface area contributed by atoms with Gasteiger partial charge in [-0.2, -0.15) is 0 Å². The van der Waals surface area contributed by atoms with Gasteiger partial charge >= 0.3 is 0 Å². The molecule has 2 rings (SSSR count). The molecule has 0 aromatic heterocycles. The molecule has 2 nitrogen and oxygen atoms in total. The van der Waals surface area contributed by atoms with Crippen LogP contribution in [0.3, 0.4) is 0 Å². The summed E-state index contributed by atoms with van der Waals surface area (Å²) in [6.07, 6.45) is 4.20. The smallest absolute Gasteiger partial charge is 0.0289 e. The first-order chi connectivity index (χ1) is 9.29. The Morgan fingerprint density at radius 3 is 2.79 bits per heavy atom. The van der Waals surface area contributed by atoms with E-state index in [0.717, 1.165) is 0 Å². The van der Waals surface area contributed by atoms with Crippen molar-refractivity contribution < 1.29 is 0 Å². The highest BCUT2D eigenvalue weighted by molar-refractivity contribution is 7.99. The molecule has 0 bridgehead atoms. The fraction of sp³-hybridized carbons (Fsp3) is 0.625. The number of hydrogen-bond acceptors (Lipinski definition) is 3. The lowest BCUT2D eigenvalue weighted by molar-refractivity contribution is 0.242. The Hall–Kier alpha value is -0.510. The first-order valence-electron chi connectivity index (χ1n) is 7.42. The van der Waals surface area contributed by atoms with Crippen LogP contribution in [0.5, 0.6) is 0 Å². The summed E-state index contributed by atoms with van der Waals surface area (Å²) in [7, 11) is 2.01. The van der Waals surface area contributed by atoms with Crippen LogP contribution in [0.1, 0.15) is 37.8 Å². The minimum atomic E-state index is 0.433. The molecule has 0 spiro atoms. The van der Waals surface area contributed by atoms with Crippen molar-refractivity contribution in [2.24, 2.45) is 0 Å². The second-order valence-corrected chi connectivity index (χ2v) is 6.50. The minimum absolute atomic E-state index is 0.433. The highest BCUT2D eigenvalue weighted by atomic mass is 32.2. The van der Waals surface area contributed by atoms with Crippen molar-refractivity contribution in [3.05, 3.63) is 29.8 Å². The average Bonchev–Trinajstić information content (AvgIpc) is 2.48. The quantitative estimate of drug-likeness (QED) is 0.801. The van der Waals surface area contributed by atoms with Crippen molar-refractivity contribution in [3.63, 3.8) is 0 Å². The molecule has 106 valence electrons. The van der Waals surface area contributed by atoms with Crippen molar-refractivity contribution in [1.29, 1.82) is 0 Å². The van der Waals surface area contributed by atoms with E-state index in [1.807, 2.05) is 18.8 Å². The molecule has 3 heteroatoms. The minimum Gasteiger partial charge on any atom is -0.313 e. The van der Waals surface area contributed by atoms with Crippen molar-refractivity contribution in [2.75, 3.05) is 32.4 Å². The summed E-state index contributed by atoms with van der Waals surface area (Å²) in [6.45, 7) is 6.04. The summed E-state index contributed by atoms with van der Waals surface area (Å²) in [6, 6.07) is 9.36. The molecule has 1 aliphatic heterocycles. The van der Waals surface area contributed by atoms with Gasteiger partial charge in [0.2, 0.25) is 0 Å². The van der Waals surface area contributed by atoms with Crippen molar-refractivity contribution in [2.45, 2.75) is 37.1 Å². The zero-order valence-electron chi connectivity index (χ0n) is 12.2. The molecule has 19 heavy (non-hydrogen) atoms. The second kappa shape index (κ2) is 7.93. The number of piperidine rings is 1. The lowest BCUT2D eigenvalue weighted by Crippen LogP contribution is -2.31. The first kappa shape index (κ1) is 14.9. The van der Waals surface area contributed by atoms with Crippen LogP contribution < -0.4 is 5.32 Å². The molecule has 0 saturated carbocycles. The molecular weight excluding hydrogens is 252 g/mol. The van der Waals surface area contributed by atoms with Crippen LogP contribution in [-0.2, 0) is 0 Å². The van der Waals surface area contributed by atoms with Crippen LogP contribution in [0.4, 0.5) is 0 Å². The molecular formula is C16H26N2S. The largest absolute Gasteiger partial charge is 0.313 e. The summed E-state index contributed by atoms with van der Waals surface area (Å²) in [5.74, 6) is 1.21. The zero-order chi connectivity index (χ0) is 13.5. The van der Waals surface area contributed by atoms with Gasteiger partial charge in [0.15, 0.2) is 0 Å². The second-order valence-electron chi connectivity index (χ2n) is 5.33. The molecule has 0 aliphatic carbocycles. The summed E-state index contributed by atoms with van der Waals surface area (Å²) < 4.78 is 0. The third-order valence-electron chi connectivity index (χ3n) is 3.92. The predicted molar refractivity (Wildman–Crippen MR) is 84.9 cm³/mol. The third-order valence-corrected chi connectivity index (χ3v) is 4.89. The van der Waals surface area contributed by atoms with Crippen LogP contribution in [0.15, 0.2) is 29.2 Å². The maximum atomic E-state index is 3.30. The number of hydrogen-bond donors (Lipinski definition) is 1. The van der Waals surface area contributed by atoms with Gasteiger partial charge in [0.1, 0.15) is 0 Å². The van der Waals surface area contributed by atoms with Crippen LogP contribution in [-0.4, -0.2) is 37.3 Å². The molecule has 1 aromatic rings. The molecule has 0 amide bonds. The number of benzene rings is 1. The third kappa shape index (κ3) is 4.83. The Morgan fingerprint density at radius 2 is 2.05 bits per heavy atom. The summed E-state index contributed by atoms with van der Waals surface area (Å²) in [5, 5.41) is 3.30. The maximum Gasteiger partial charge on any atom is 0.0289 e. The maximum absolute atomic E-state index is 3.30. The van der Waals surface area contributed by atoms with Gasteiger partial charge in [-0.3, -0.25) is 0 Å². The van der Waals surface area contributed by atoms with E-state index < -0.39 is 0 Å². The standard InChI is InChI=1S/C16H26N2S/c1-14(17-2)15-7-6-8-16(13-15)19-12-11-18-9-4-3-5-10-18/h6-8,13-14,17H,3-5,9-12H2,1-2H3. The predicted octanol–water partition coefficient (Wildman–Crippen LogP) is 3.55. The number of rotatable bonds is 6. The highest BCUT2D eigenvalue weighted by Gasteiger charge is 2.09. The molecule has 1 aliphatic rings. The van der Waals surface area contributed by atoms with Crippen LogP contribution in [0, 0.1) is 0 Å². The van der Waals surface area contributed by atoms with Gasteiger partial charge in [-0.25, -0.2) is 0 Å². The Kier molecular flexibility index (Phi) is 6.21. The molecule has 1 fully saturated rings. The van der Waals surface area contributed by atoms with Gasteiger partial charge in [-0.15, -0.1) is 11.8 Å². The molecule has 1 heterocycles. The van der Waals surface area contributed by atoms with E-state index in [1.54, 1.807) is 0 Å². The molecule has 1 aromatic carbocycles. The van der Waals surface area contributed by atoms with Gasteiger partial charge in [0, 0.05) is 23.2 Å². The Bertz CT molecular complexity index is 375. The fourth-order valence-electron chi connectivity index (χ4n) is 2.52. The van der Waals surface area contributed by atoms with Gasteiger partial charge < -0.3 is 10.2 Å². The van der Waals surface area contributed by atoms with Crippen molar-refractivity contribution >= 4 is 11.8 Å². The molecule has 1 atom stereocenters. The van der Waals surface area contributed by atoms with E-state index in [9.17, 15) is 0 Å². The van der Waals surface area contributed by atoms with Gasteiger partial charge in [0.25, 0.3) is 0 Å². The SMILES string of the molecule is CNC(C)c1cccc(SCCN2CCCCC2)c1. The number of nitrogens with one attached hydrogen (secondary N) is 1. The summed E-state index contributed by atoms with van der Waals surface area (Å²) in [5.41, 5.74) is 1.38. The number of nitrogens with zero attached hydrogens (tertiary/aromatic N) is 1. The number of thioether (sulfide) groups is 1. The molecule has 0 radical (unpaired) electrons. The van der Waals surface area contributed by atoms with E-state index >= 15 is 0 Å². The lowest BCUT2D eigenvalue weighted by atomic mass is 10.1. The Balaban J connectivity index is 1.78. The monoisotopic (exact) mass is 278 g/mol. The van der Waals surface area contributed by atoms with Gasteiger partial charge in [-0.05, 0) is 57.6 Å². The van der Waals surface area contributed by atoms with Crippen LogP contribution >= 0.6 is 11.8 Å². The Morgan fingerprint density at radius 1 is 1.26 bits per heavy atom. The summed E-state index contributed by atoms with van der Waals surface area (Å²) >= 11 is 1.99. The van der Waals surface area contributed by atoms with Crippen molar-refractivity contribution in [3.8, 4) is 0 Å². The lowest BCUT2D eigenvalue weighted by Gasteiger charge is -2.26. The van der Waals surface area contributed by atoms with E-state index in [1.165, 1.54) is 55.1 Å². The molecule has 1 unspecified atom stereocenters. The van der Waals surface area contributed by atoms with Crippen molar-refractivity contribution in [1.82, 2.24) is 10.2 Å². The van der Waals surface area contributed by atoms with Crippen LogP contribution in [0.25, 0.3) is 0 Å². The van der Waals surface area contributed by atoms with E-state index in [4.69, 9.17) is 0 Å².